The molecule has 34 heavy (non-hydrogen) atoms. The van der Waals surface area contributed by atoms with Crippen molar-refractivity contribution in [2.24, 2.45) is 0 Å². The maximum absolute atomic E-state index is 15.3. The fourth-order valence-electron chi connectivity index (χ4n) is 4.80. The predicted octanol–water partition coefficient (Wildman–Crippen LogP) is 4.82. The van der Waals surface area contributed by atoms with Gasteiger partial charge in [-0.2, -0.15) is 0 Å². The molecule has 2 aromatic rings. The lowest BCUT2D eigenvalue weighted by Crippen LogP contribution is -2.48. The van der Waals surface area contributed by atoms with Gasteiger partial charge in [-0.1, -0.05) is 37.3 Å². The molecule has 0 bridgehead atoms. The first-order valence-electron chi connectivity index (χ1n) is 11.5. The maximum Gasteiger partial charge on any atom is 0.434 e. The number of allylic oxidation sites excluding steroid dienone is 4. The molecule has 1 saturated carbocycles. The molecule has 182 valence electrons. The smallest absolute Gasteiger partial charge is 0.434 e. The molecule has 1 unspecified atom stereocenters. The Morgan fingerprint density at radius 2 is 2.15 bits per heavy atom. The fraction of sp³-hybridized carbons (Fsp3) is 0.440. The molecule has 1 aliphatic heterocycles. The van der Waals surface area contributed by atoms with Crippen molar-refractivity contribution in [3.63, 3.8) is 0 Å². The van der Waals surface area contributed by atoms with Gasteiger partial charge < -0.3 is 8.97 Å². The van der Waals surface area contributed by atoms with Crippen LogP contribution in [0.4, 0.5) is 8.78 Å². The van der Waals surface area contributed by atoms with E-state index in [1.165, 1.54) is 12.1 Å². The number of hydrogen-bond acceptors (Lipinski definition) is 5. The predicted molar refractivity (Wildman–Crippen MR) is 127 cm³/mol. The van der Waals surface area contributed by atoms with Crippen LogP contribution in [0.25, 0.3) is 0 Å². The molecular formula is C25H29F2N3O3S. The highest BCUT2D eigenvalue weighted by molar-refractivity contribution is 7.90. The van der Waals surface area contributed by atoms with Crippen LogP contribution >= 0.6 is 0 Å². The summed E-state index contributed by atoms with van der Waals surface area (Å²) in [4.78, 5) is 11.5. The van der Waals surface area contributed by atoms with E-state index >= 15 is 8.78 Å². The Bertz CT molecular complexity index is 1170. The van der Waals surface area contributed by atoms with Crippen LogP contribution in [0.2, 0.25) is 0 Å². The minimum atomic E-state index is -1.43. The van der Waals surface area contributed by atoms with Gasteiger partial charge in [0.25, 0.3) is 0 Å². The summed E-state index contributed by atoms with van der Waals surface area (Å²) in [5.74, 6) is -1.82. The lowest BCUT2D eigenvalue weighted by Gasteiger charge is -2.40. The molecule has 1 aliphatic carbocycles. The highest BCUT2D eigenvalue weighted by Gasteiger charge is 2.47. The van der Waals surface area contributed by atoms with Crippen LogP contribution in [0.5, 0.6) is 0 Å². The average molecular weight is 490 g/mol. The van der Waals surface area contributed by atoms with E-state index in [1.807, 2.05) is 32.1 Å². The van der Waals surface area contributed by atoms with Gasteiger partial charge in [0.2, 0.25) is 5.89 Å². The Morgan fingerprint density at radius 1 is 1.38 bits per heavy atom. The molecule has 0 radical (unpaired) electrons. The van der Waals surface area contributed by atoms with Crippen molar-refractivity contribution in [3.05, 3.63) is 87.8 Å². The number of nitrogens with zero attached hydrogens (tertiary/aromatic N) is 2. The Labute approximate surface area is 200 Å². The molecule has 1 saturated heterocycles. The van der Waals surface area contributed by atoms with Crippen LogP contribution in [0.15, 0.2) is 57.8 Å². The molecule has 2 aliphatic rings. The first kappa shape index (κ1) is 24.6. The van der Waals surface area contributed by atoms with E-state index < -0.39 is 34.2 Å². The minimum absolute atomic E-state index is 0.0197. The summed E-state index contributed by atoms with van der Waals surface area (Å²) in [5, 5.41) is 5.84. The average Bonchev–Trinajstić information content (AvgIpc) is 3.21. The third-order valence-corrected chi connectivity index (χ3v) is 8.88. The molecular weight excluding hydrogens is 460 g/mol. The lowest BCUT2D eigenvalue weighted by atomic mass is 9.64. The third-order valence-electron chi connectivity index (χ3n) is 6.93. The van der Waals surface area contributed by atoms with Crippen LogP contribution in [-0.4, -0.2) is 30.3 Å². The number of benzene rings is 1. The number of aromatic nitrogens is 2. The van der Waals surface area contributed by atoms with E-state index in [0.717, 1.165) is 24.8 Å². The van der Waals surface area contributed by atoms with Crippen molar-refractivity contribution in [3.8, 4) is 0 Å². The highest BCUT2D eigenvalue weighted by Crippen LogP contribution is 2.49. The molecule has 0 spiro atoms. The SMILES string of the molecule is C=C/C(=C\C=C/C)[C@@H]1CC[C@H](C)N(Cc2cc(F)c(C3(c4n[nH]c(=O)o4)CCC3)cc2F)[S+]1[O-]. The molecule has 4 rings (SSSR count). The summed E-state index contributed by atoms with van der Waals surface area (Å²) < 4.78 is 50.9. The van der Waals surface area contributed by atoms with Gasteiger partial charge in [0.05, 0.1) is 18.0 Å². The van der Waals surface area contributed by atoms with E-state index in [2.05, 4.69) is 16.8 Å². The van der Waals surface area contributed by atoms with Gasteiger partial charge >= 0.3 is 5.76 Å². The van der Waals surface area contributed by atoms with Gasteiger partial charge in [-0.05, 0) is 45.2 Å². The quantitative estimate of drug-likeness (QED) is 0.445. The van der Waals surface area contributed by atoms with Gasteiger partial charge in [0, 0.05) is 34.5 Å². The van der Waals surface area contributed by atoms with E-state index in [0.29, 0.717) is 12.8 Å². The van der Waals surface area contributed by atoms with Crippen molar-refractivity contribution in [2.75, 3.05) is 0 Å². The molecule has 1 aromatic heterocycles. The normalized spacial score (nSPS) is 25.4. The zero-order chi connectivity index (χ0) is 24.5. The third kappa shape index (κ3) is 4.44. The molecule has 2 heterocycles. The summed E-state index contributed by atoms with van der Waals surface area (Å²) in [5.41, 5.74) is 0.176. The monoisotopic (exact) mass is 489 g/mol. The van der Waals surface area contributed by atoms with Gasteiger partial charge in [-0.15, -0.1) is 9.40 Å². The van der Waals surface area contributed by atoms with Crippen LogP contribution in [0.1, 0.15) is 63.0 Å². The molecule has 6 nitrogen and oxygen atoms in total. The molecule has 0 amide bonds. The Balaban J connectivity index is 1.62. The fourth-order valence-corrected chi connectivity index (χ4v) is 6.60. The summed E-state index contributed by atoms with van der Waals surface area (Å²) in [6.07, 6.45) is 10.7. The van der Waals surface area contributed by atoms with Gasteiger partial charge in [0.1, 0.15) is 11.6 Å². The largest absolute Gasteiger partial charge is 0.597 e. The second-order valence-corrected chi connectivity index (χ2v) is 10.5. The Morgan fingerprint density at radius 3 is 2.74 bits per heavy atom. The van der Waals surface area contributed by atoms with Gasteiger partial charge in [0.15, 0.2) is 5.25 Å². The van der Waals surface area contributed by atoms with Gasteiger partial charge in [-0.25, -0.2) is 18.7 Å². The molecule has 9 heteroatoms. The molecule has 1 N–H and O–H groups in total. The lowest BCUT2D eigenvalue weighted by molar-refractivity contribution is 0.227. The zero-order valence-corrected chi connectivity index (χ0v) is 20.2. The standard InChI is InChI=1S/C25H29F2N3O3S/c1-4-6-8-17(5-2)22-10-9-16(3)30(34(22)32)15-18-13-21(27)19(14-20(18)26)25(11-7-12-25)23-28-29-24(31)33-23/h4-6,8,13-14,16,22H,2,7,9-12,15H2,1,3H3,(H,29,31)/b6-4-,17-8+/t16-,22-,34?/m0/s1. The van der Waals surface area contributed by atoms with E-state index in [4.69, 9.17) is 4.42 Å². The first-order chi connectivity index (χ1) is 16.3. The Kier molecular flexibility index (Phi) is 7.25. The number of halogens is 2. The van der Waals surface area contributed by atoms with Crippen LogP contribution in [0.3, 0.4) is 0 Å². The van der Waals surface area contributed by atoms with E-state index in [1.54, 1.807) is 10.4 Å². The number of hydrogen-bond donors (Lipinski definition) is 1. The zero-order valence-electron chi connectivity index (χ0n) is 19.4. The topological polar surface area (TPSA) is 85.2 Å². The minimum Gasteiger partial charge on any atom is -0.597 e. The maximum atomic E-state index is 15.3. The van der Waals surface area contributed by atoms with E-state index in [9.17, 15) is 9.35 Å². The van der Waals surface area contributed by atoms with Crippen molar-refractivity contribution < 1.29 is 17.8 Å². The van der Waals surface area contributed by atoms with Crippen LogP contribution in [-0.2, 0) is 23.3 Å². The number of nitrogens with one attached hydrogen (secondary N) is 1. The van der Waals surface area contributed by atoms with Crippen molar-refractivity contribution >= 4 is 11.4 Å². The van der Waals surface area contributed by atoms with Crippen LogP contribution < -0.4 is 5.76 Å². The highest BCUT2D eigenvalue weighted by atomic mass is 32.2. The number of aromatic amines is 1. The Hall–Kier alpha value is -2.49. The number of rotatable bonds is 7. The summed E-state index contributed by atoms with van der Waals surface area (Å²) in [7, 11) is 0. The van der Waals surface area contributed by atoms with Gasteiger partial charge in [-0.3, -0.25) is 0 Å². The van der Waals surface area contributed by atoms with Crippen molar-refractivity contribution in [2.45, 2.75) is 69.2 Å². The number of H-pyrrole nitrogens is 1. The molecule has 2 fully saturated rings. The second kappa shape index (κ2) is 10.0. The first-order valence-corrected chi connectivity index (χ1v) is 12.6. The summed E-state index contributed by atoms with van der Waals surface area (Å²) in [6, 6.07) is 2.30. The summed E-state index contributed by atoms with van der Waals surface area (Å²) in [6.45, 7) is 7.72. The molecule has 1 aromatic carbocycles. The molecule has 3 atom stereocenters. The summed E-state index contributed by atoms with van der Waals surface area (Å²) >= 11 is -1.43. The van der Waals surface area contributed by atoms with Crippen molar-refractivity contribution in [1.29, 1.82) is 0 Å². The van der Waals surface area contributed by atoms with Crippen LogP contribution in [0, 0.1) is 11.6 Å². The van der Waals surface area contributed by atoms with E-state index in [-0.39, 0.29) is 34.9 Å². The van der Waals surface area contributed by atoms with Crippen molar-refractivity contribution in [1.82, 2.24) is 14.5 Å². The second-order valence-electron chi connectivity index (χ2n) is 8.94.